The van der Waals surface area contributed by atoms with E-state index in [-0.39, 0.29) is 18.1 Å². The summed E-state index contributed by atoms with van der Waals surface area (Å²) in [5.74, 6) is -0.310. The fraction of sp³-hybridized carbons (Fsp3) is 0.294. The number of ether oxygens (including phenoxy) is 1. The summed E-state index contributed by atoms with van der Waals surface area (Å²) >= 11 is 0. The molecule has 7 heteroatoms. The number of carbonyl (C=O) groups excluding carboxylic acids is 1. The van der Waals surface area contributed by atoms with Gasteiger partial charge in [-0.2, -0.15) is 0 Å². The minimum Gasteiger partial charge on any atom is -0.494 e. The second-order valence-electron chi connectivity index (χ2n) is 5.22. The largest absolute Gasteiger partial charge is 0.494 e. The quantitative estimate of drug-likeness (QED) is 0.761. The molecule has 1 heterocycles. The number of amides is 1. The number of carbonyl (C=O) groups is 1. The number of nitrogens with one attached hydrogen (secondary N) is 2. The molecule has 0 aliphatic heterocycles. The highest BCUT2D eigenvalue weighted by Gasteiger charge is 2.10. The summed E-state index contributed by atoms with van der Waals surface area (Å²) in [6.45, 7) is 1.96. The Morgan fingerprint density at radius 2 is 2.12 bits per heavy atom. The highest BCUT2D eigenvalue weighted by molar-refractivity contribution is 6.05. The van der Waals surface area contributed by atoms with Crippen molar-refractivity contribution in [2.45, 2.75) is 26.2 Å². The van der Waals surface area contributed by atoms with Gasteiger partial charge < -0.3 is 15.5 Å². The molecule has 0 spiro atoms. The molecule has 24 heavy (non-hydrogen) atoms. The Morgan fingerprint density at radius 1 is 1.33 bits per heavy atom. The molecule has 6 nitrogen and oxygen atoms in total. The molecular formula is C17H19FN4O2. The Hall–Kier alpha value is -2.83. The lowest BCUT2D eigenvalue weighted by Gasteiger charge is -2.08. The highest BCUT2D eigenvalue weighted by atomic mass is 19.1. The number of halogens is 1. The smallest absolute Gasteiger partial charge is 0.231 e. The van der Waals surface area contributed by atoms with Crippen molar-refractivity contribution < 1.29 is 13.9 Å². The van der Waals surface area contributed by atoms with Gasteiger partial charge in [0.25, 0.3) is 0 Å². The van der Waals surface area contributed by atoms with E-state index in [1.807, 2.05) is 6.92 Å². The van der Waals surface area contributed by atoms with Crippen LogP contribution in [0.3, 0.4) is 0 Å². The first-order chi connectivity index (χ1) is 11.5. The van der Waals surface area contributed by atoms with Crippen molar-refractivity contribution in [1.29, 1.82) is 5.41 Å². The molecule has 0 atom stereocenters. The lowest BCUT2D eigenvalue weighted by molar-refractivity contribution is -0.115. The first-order valence-electron chi connectivity index (χ1n) is 7.55. The van der Waals surface area contributed by atoms with Gasteiger partial charge in [-0.15, -0.1) is 0 Å². The van der Waals surface area contributed by atoms with Gasteiger partial charge in [0, 0.05) is 17.3 Å². The van der Waals surface area contributed by atoms with Crippen LogP contribution in [0.2, 0.25) is 0 Å². The molecule has 0 aliphatic carbocycles. The minimum absolute atomic E-state index is 0.0392. The SMILES string of the molecule is CCCC(=N)CC(=O)Nc1cc(-c2ccc(F)c(OC)c2)ncn1. The van der Waals surface area contributed by atoms with E-state index >= 15 is 0 Å². The molecule has 1 amide bonds. The third-order valence-corrected chi connectivity index (χ3v) is 3.31. The second kappa shape index (κ2) is 8.14. The van der Waals surface area contributed by atoms with E-state index in [4.69, 9.17) is 10.1 Å². The number of benzene rings is 1. The van der Waals surface area contributed by atoms with Crippen LogP contribution in [0, 0.1) is 11.2 Å². The fourth-order valence-corrected chi connectivity index (χ4v) is 2.17. The van der Waals surface area contributed by atoms with Crippen LogP contribution in [0.1, 0.15) is 26.2 Å². The van der Waals surface area contributed by atoms with Crippen LogP contribution >= 0.6 is 0 Å². The summed E-state index contributed by atoms with van der Waals surface area (Å²) in [6, 6.07) is 5.98. The molecule has 0 saturated carbocycles. The molecule has 2 rings (SSSR count). The maximum atomic E-state index is 13.5. The monoisotopic (exact) mass is 330 g/mol. The van der Waals surface area contributed by atoms with Crippen molar-refractivity contribution in [2.75, 3.05) is 12.4 Å². The predicted octanol–water partition coefficient (Wildman–Crippen LogP) is 3.44. The molecule has 126 valence electrons. The van der Waals surface area contributed by atoms with Crippen molar-refractivity contribution >= 4 is 17.4 Å². The zero-order valence-corrected chi connectivity index (χ0v) is 13.6. The topological polar surface area (TPSA) is 88.0 Å². The molecule has 0 bridgehead atoms. The summed E-state index contributed by atoms with van der Waals surface area (Å²) < 4.78 is 18.4. The molecule has 0 unspecified atom stereocenters. The van der Waals surface area contributed by atoms with Crippen LogP contribution in [0.5, 0.6) is 5.75 Å². The van der Waals surface area contributed by atoms with E-state index in [9.17, 15) is 9.18 Å². The van der Waals surface area contributed by atoms with Gasteiger partial charge in [-0.25, -0.2) is 14.4 Å². The fourth-order valence-electron chi connectivity index (χ4n) is 2.17. The lowest BCUT2D eigenvalue weighted by atomic mass is 10.1. The zero-order chi connectivity index (χ0) is 17.5. The number of anilines is 1. The molecule has 0 fully saturated rings. The Labute approximate surface area is 139 Å². The molecule has 1 aromatic carbocycles. The first-order valence-corrected chi connectivity index (χ1v) is 7.55. The van der Waals surface area contributed by atoms with Gasteiger partial charge in [0.1, 0.15) is 12.1 Å². The number of nitrogens with zero attached hydrogens (tertiary/aromatic N) is 2. The van der Waals surface area contributed by atoms with E-state index in [0.29, 0.717) is 29.2 Å². The van der Waals surface area contributed by atoms with Gasteiger partial charge in [0.2, 0.25) is 5.91 Å². The van der Waals surface area contributed by atoms with Crippen LogP contribution in [0.25, 0.3) is 11.3 Å². The Morgan fingerprint density at radius 3 is 2.83 bits per heavy atom. The van der Waals surface area contributed by atoms with E-state index in [1.165, 1.54) is 25.6 Å². The van der Waals surface area contributed by atoms with Gasteiger partial charge in [0.05, 0.1) is 19.2 Å². The standard InChI is InChI=1S/C17H19FN4O2/c1-3-4-12(19)8-17(23)22-16-9-14(20-10-21-16)11-5-6-13(18)15(7-11)24-2/h5-7,9-10,19H,3-4,8H2,1-2H3,(H,20,21,22,23). The van der Waals surface area contributed by atoms with Crippen LogP contribution in [0.4, 0.5) is 10.2 Å². The third kappa shape index (κ3) is 4.58. The summed E-state index contributed by atoms with van der Waals surface area (Å²) in [6.07, 6.45) is 2.78. The molecule has 0 saturated heterocycles. The van der Waals surface area contributed by atoms with Crippen molar-refractivity contribution in [1.82, 2.24) is 9.97 Å². The molecule has 2 N–H and O–H groups in total. The molecular weight excluding hydrogens is 311 g/mol. The van der Waals surface area contributed by atoms with Crippen LogP contribution in [-0.4, -0.2) is 28.7 Å². The van der Waals surface area contributed by atoms with Gasteiger partial charge in [-0.3, -0.25) is 4.79 Å². The lowest BCUT2D eigenvalue weighted by Crippen LogP contribution is -2.16. The van der Waals surface area contributed by atoms with Crippen molar-refractivity contribution in [2.24, 2.45) is 0 Å². The maximum Gasteiger partial charge on any atom is 0.231 e. The summed E-state index contributed by atoms with van der Waals surface area (Å²) in [4.78, 5) is 20.0. The third-order valence-electron chi connectivity index (χ3n) is 3.31. The average molecular weight is 330 g/mol. The van der Waals surface area contributed by atoms with Crippen LogP contribution in [0.15, 0.2) is 30.6 Å². The van der Waals surface area contributed by atoms with Crippen LogP contribution in [-0.2, 0) is 4.79 Å². The van der Waals surface area contributed by atoms with Crippen molar-refractivity contribution in [3.8, 4) is 17.0 Å². The van der Waals surface area contributed by atoms with Gasteiger partial charge in [0.15, 0.2) is 11.6 Å². The first kappa shape index (κ1) is 17.5. The van der Waals surface area contributed by atoms with E-state index < -0.39 is 5.82 Å². The van der Waals surface area contributed by atoms with Crippen molar-refractivity contribution in [3.05, 3.63) is 36.4 Å². The summed E-state index contributed by atoms with van der Waals surface area (Å²) in [5.41, 5.74) is 1.56. The number of aromatic nitrogens is 2. The molecule has 0 radical (unpaired) electrons. The van der Waals surface area contributed by atoms with E-state index in [2.05, 4.69) is 15.3 Å². The second-order valence-corrected chi connectivity index (χ2v) is 5.22. The van der Waals surface area contributed by atoms with Gasteiger partial charge in [-0.1, -0.05) is 13.3 Å². The summed E-state index contributed by atoms with van der Waals surface area (Å²) in [5, 5.41) is 10.3. The van der Waals surface area contributed by atoms with E-state index in [1.54, 1.807) is 12.1 Å². The maximum absolute atomic E-state index is 13.5. The van der Waals surface area contributed by atoms with Crippen molar-refractivity contribution in [3.63, 3.8) is 0 Å². The zero-order valence-electron chi connectivity index (χ0n) is 13.6. The summed E-state index contributed by atoms with van der Waals surface area (Å²) in [7, 11) is 1.39. The normalized spacial score (nSPS) is 10.3. The predicted molar refractivity (Wildman–Crippen MR) is 89.9 cm³/mol. The Balaban J connectivity index is 2.14. The molecule has 1 aromatic heterocycles. The van der Waals surface area contributed by atoms with Gasteiger partial charge in [-0.05, 0) is 24.6 Å². The van der Waals surface area contributed by atoms with E-state index in [0.717, 1.165) is 6.42 Å². The number of rotatable bonds is 7. The highest BCUT2D eigenvalue weighted by Crippen LogP contribution is 2.25. The average Bonchev–Trinajstić information content (AvgIpc) is 2.55. The minimum atomic E-state index is -0.460. The number of methoxy groups -OCH3 is 1. The number of hydrogen-bond donors (Lipinski definition) is 2. The molecule has 0 aliphatic rings. The van der Waals surface area contributed by atoms with Gasteiger partial charge >= 0.3 is 0 Å². The Kier molecular flexibility index (Phi) is 5.95. The molecule has 2 aromatic rings. The Bertz CT molecular complexity index is 749. The number of hydrogen-bond acceptors (Lipinski definition) is 5. The van der Waals surface area contributed by atoms with Crippen LogP contribution < -0.4 is 10.1 Å².